The van der Waals surface area contributed by atoms with Gasteiger partial charge in [-0.15, -0.1) is 11.3 Å². The lowest BCUT2D eigenvalue weighted by atomic mass is 10.1. The van der Waals surface area contributed by atoms with E-state index in [4.69, 9.17) is 4.98 Å². The summed E-state index contributed by atoms with van der Waals surface area (Å²) in [6.45, 7) is 2.15. The number of para-hydroxylation sites is 2. The van der Waals surface area contributed by atoms with E-state index in [1.54, 1.807) is 11.3 Å². The van der Waals surface area contributed by atoms with Crippen LogP contribution in [0.2, 0.25) is 0 Å². The first-order valence-corrected chi connectivity index (χ1v) is 11.3. The molecule has 0 radical (unpaired) electrons. The third kappa shape index (κ3) is 3.06. The first kappa shape index (κ1) is 18.1. The van der Waals surface area contributed by atoms with Crippen molar-refractivity contribution in [2.75, 3.05) is 0 Å². The molecule has 0 saturated carbocycles. The maximum atomic E-state index is 5.06. The summed E-state index contributed by atoms with van der Waals surface area (Å²) >= 11 is 1.78. The zero-order chi connectivity index (χ0) is 20.8. The summed E-state index contributed by atoms with van der Waals surface area (Å²) in [6.07, 6.45) is 0. The molecule has 0 fully saturated rings. The molecule has 0 unspecified atom stereocenters. The molecule has 0 aliphatic rings. The average Bonchev–Trinajstić information content (AvgIpc) is 3.40. The van der Waals surface area contributed by atoms with E-state index in [9.17, 15) is 0 Å². The van der Waals surface area contributed by atoms with Crippen LogP contribution in [0, 0.1) is 6.92 Å². The van der Waals surface area contributed by atoms with Crippen molar-refractivity contribution in [1.29, 1.82) is 0 Å². The van der Waals surface area contributed by atoms with Crippen molar-refractivity contribution >= 4 is 32.5 Å². The predicted octanol–water partition coefficient (Wildman–Crippen LogP) is 7.88. The van der Waals surface area contributed by atoms with Crippen LogP contribution >= 0.6 is 11.3 Å². The number of hydrogen-bond acceptors (Lipinski definition) is 2. The van der Waals surface area contributed by atoms with Crippen LogP contribution in [0.25, 0.3) is 49.3 Å². The lowest BCUT2D eigenvalue weighted by molar-refractivity contribution is 1.11. The zero-order valence-corrected chi connectivity index (χ0v) is 17.9. The van der Waals surface area contributed by atoms with E-state index in [2.05, 4.69) is 114 Å². The molecule has 6 rings (SSSR count). The molecule has 0 bridgehead atoms. The minimum Gasteiger partial charge on any atom is -0.292 e. The Morgan fingerprint density at radius 2 is 1.48 bits per heavy atom. The molecule has 0 spiro atoms. The van der Waals surface area contributed by atoms with Gasteiger partial charge < -0.3 is 0 Å². The van der Waals surface area contributed by atoms with Crippen molar-refractivity contribution < 1.29 is 0 Å². The normalized spacial score (nSPS) is 11.4. The third-order valence-corrected chi connectivity index (χ3v) is 6.73. The SMILES string of the molecule is Cc1ccc2scc(-c3nc4ccccc4n3-c3ccc(-c4ccccc4)cc3)c2c1. The van der Waals surface area contributed by atoms with Crippen LogP contribution in [0.4, 0.5) is 0 Å². The summed E-state index contributed by atoms with van der Waals surface area (Å²) in [4.78, 5) is 5.06. The minimum absolute atomic E-state index is 0.991. The van der Waals surface area contributed by atoms with Crippen LogP contribution in [-0.2, 0) is 0 Å². The van der Waals surface area contributed by atoms with E-state index in [0.29, 0.717) is 0 Å². The van der Waals surface area contributed by atoms with Crippen LogP contribution in [0.5, 0.6) is 0 Å². The average molecular weight is 417 g/mol. The highest BCUT2D eigenvalue weighted by Crippen LogP contribution is 2.37. The Kier molecular flexibility index (Phi) is 4.22. The predicted molar refractivity (Wildman–Crippen MR) is 132 cm³/mol. The number of rotatable bonds is 3. The molecular weight excluding hydrogens is 396 g/mol. The molecule has 0 amide bonds. The van der Waals surface area contributed by atoms with E-state index in [0.717, 1.165) is 22.5 Å². The highest BCUT2D eigenvalue weighted by Gasteiger charge is 2.17. The first-order valence-electron chi connectivity index (χ1n) is 10.4. The minimum atomic E-state index is 0.991. The van der Waals surface area contributed by atoms with Gasteiger partial charge in [0.25, 0.3) is 0 Å². The molecule has 0 saturated heterocycles. The summed E-state index contributed by atoms with van der Waals surface area (Å²) in [7, 11) is 0. The van der Waals surface area contributed by atoms with Crippen molar-refractivity contribution in [2.24, 2.45) is 0 Å². The molecule has 2 heterocycles. The number of fused-ring (bicyclic) bond motifs is 2. The van der Waals surface area contributed by atoms with Gasteiger partial charge in [-0.2, -0.15) is 0 Å². The summed E-state index contributed by atoms with van der Waals surface area (Å²) in [5.41, 5.74) is 8.15. The van der Waals surface area contributed by atoms with Gasteiger partial charge >= 0.3 is 0 Å². The van der Waals surface area contributed by atoms with Gasteiger partial charge in [-0.25, -0.2) is 4.98 Å². The van der Waals surface area contributed by atoms with Crippen LogP contribution < -0.4 is 0 Å². The number of aromatic nitrogens is 2. The smallest absolute Gasteiger partial charge is 0.147 e. The molecule has 3 heteroatoms. The quantitative estimate of drug-likeness (QED) is 0.287. The fraction of sp³-hybridized carbons (Fsp3) is 0.0357. The van der Waals surface area contributed by atoms with Crippen LogP contribution in [-0.4, -0.2) is 9.55 Å². The molecule has 2 aromatic heterocycles. The number of benzene rings is 4. The van der Waals surface area contributed by atoms with Gasteiger partial charge in [0.05, 0.1) is 11.0 Å². The molecule has 0 aliphatic carbocycles. The third-order valence-electron chi connectivity index (χ3n) is 5.76. The van der Waals surface area contributed by atoms with Gasteiger partial charge in [0.15, 0.2) is 0 Å². The Labute approximate surface area is 185 Å². The van der Waals surface area contributed by atoms with Crippen LogP contribution in [0.1, 0.15) is 5.56 Å². The van der Waals surface area contributed by atoms with Crippen molar-refractivity contribution in [3.05, 3.63) is 108 Å². The fourth-order valence-electron chi connectivity index (χ4n) is 4.22. The molecule has 31 heavy (non-hydrogen) atoms. The molecule has 6 aromatic rings. The standard InChI is InChI=1S/C28H20N2S/c1-19-11-16-27-23(17-19)24(18-31-27)28-29-25-9-5-6-10-26(25)30(28)22-14-12-21(13-15-22)20-7-3-2-4-8-20/h2-18H,1H3. The van der Waals surface area contributed by atoms with E-state index >= 15 is 0 Å². The van der Waals surface area contributed by atoms with Gasteiger partial charge in [-0.05, 0) is 54.4 Å². The van der Waals surface area contributed by atoms with E-state index in [-0.39, 0.29) is 0 Å². The molecule has 0 atom stereocenters. The van der Waals surface area contributed by atoms with Crippen molar-refractivity contribution in [2.45, 2.75) is 6.92 Å². The number of aryl methyl sites for hydroxylation is 1. The number of thiophene rings is 1. The molecular formula is C28H20N2S. The Bertz CT molecular complexity index is 1520. The maximum absolute atomic E-state index is 5.06. The number of nitrogens with zero attached hydrogens (tertiary/aromatic N) is 2. The Hall–Kier alpha value is -3.69. The topological polar surface area (TPSA) is 17.8 Å². The second kappa shape index (κ2) is 7.22. The van der Waals surface area contributed by atoms with E-state index < -0.39 is 0 Å². The first-order chi connectivity index (χ1) is 15.3. The molecule has 0 aliphatic heterocycles. The van der Waals surface area contributed by atoms with Gasteiger partial charge in [-0.3, -0.25) is 4.57 Å². The zero-order valence-electron chi connectivity index (χ0n) is 17.1. The van der Waals surface area contributed by atoms with Crippen LogP contribution in [0.3, 0.4) is 0 Å². The highest BCUT2D eigenvalue weighted by molar-refractivity contribution is 7.17. The van der Waals surface area contributed by atoms with Gasteiger partial charge in [0, 0.05) is 26.7 Å². The summed E-state index contributed by atoms with van der Waals surface area (Å²) in [6, 6.07) is 34.3. The summed E-state index contributed by atoms with van der Waals surface area (Å²) in [5, 5.41) is 3.50. The van der Waals surface area contributed by atoms with Crippen LogP contribution in [0.15, 0.2) is 102 Å². The van der Waals surface area contributed by atoms with E-state index in [1.165, 1.54) is 32.3 Å². The Morgan fingerprint density at radius 1 is 0.742 bits per heavy atom. The second-order valence-corrected chi connectivity index (χ2v) is 8.73. The number of imidazole rings is 1. The van der Waals surface area contributed by atoms with Crippen molar-refractivity contribution in [3.8, 4) is 28.2 Å². The second-order valence-electron chi connectivity index (χ2n) is 7.82. The fourth-order valence-corrected chi connectivity index (χ4v) is 5.14. The maximum Gasteiger partial charge on any atom is 0.147 e. The van der Waals surface area contributed by atoms with Gasteiger partial charge in [-0.1, -0.05) is 66.2 Å². The van der Waals surface area contributed by atoms with Gasteiger partial charge in [0.1, 0.15) is 5.82 Å². The van der Waals surface area contributed by atoms with Gasteiger partial charge in [0.2, 0.25) is 0 Å². The lowest BCUT2D eigenvalue weighted by Crippen LogP contribution is -1.97. The summed E-state index contributed by atoms with van der Waals surface area (Å²) < 4.78 is 3.58. The Balaban J connectivity index is 1.57. The summed E-state index contributed by atoms with van der Waals surface area (Å²) in [5.74, 6) is 0.991. The molecule has 2 nitrogen and oxygen atoms in total. The monoisotopic (exact) mass is 416 g/mol. The largest absolute Gasteiger partial charge is 0.292 e. The van der Waals surface area contributed by atoms with Crippen molar-refractivity contribution in [3.63, 3.8) is 0 Å². The molecule has 0 N–H and O–H groups in total. The Morgan fingerprint density at radius 3 is 2.32 bits per heavy atom. The highest BCUT2D eigenvalue weighted by atomic mass is 32.1. The number of hydrogen-bond donors (Lipinski definition) is 0. The molecule has 148 valence electrons. The lowest BCUT2D eigenvalue weighted by Gasteiger charge is -2.11. The van der Waals surface area contributed by atoms with Crippen molar-refractivity contribution in [1.82, 2.24) is 9.55 Å². The molecule has 4 aromatic carbocycles. The van der Waals surface area contributed by atoms with E-state index in [1.807, 2.05) is 0 Å².